The number of rotatable bonds is 7. The SMILES string of the molecule is CCOC(C)c1noc(CN(C)C(=O)C2(C(=O)O)CC2)n1. The van der Waals surface area contributed by atoms with Gasteiger partial charge in [0, 0.05) is 13.7 Å². The number of aliphatic carboxylic acids is 1. The van der Waals surface area contributed by atoms with E-state index in [0.717, 1.165) is 0 Å². The molecule has 0 radical (unpaired) electrons. The first-order chi connectivity index (χ1) is 9.90. The first-order valence-electron chi connectivity index (χ1n) is 6.83. The summed E-state index contributed by atoms with van der Waals surface area (Å²) in [6.45, 7) is 4.28. The van der Waals surface area contributed by atoms with E-state index in [2.05, 4.69) is 10.1 Å². The molecule has 1 amide bonds. The van der Waals surface area contributed by atoms with Crippen molar-refractivity contribution in [1.82, 2.24) is 15.0 Å². The lowest BCUT2D eigenvalue weighted by atomic mass is 10.1. The molecule has 1 saturated carbocycles. The third-order valence-electron chi connectivity index (χ3n) is 3.55. The molecule has 116 valence electrons. The van der Waals surface area contributed by atoms with E-state index in [1.807, 2.05) is 6.92 Å². The number of ether oxygens (including phenoxy) is 1. The monoisotopic (exact) mass is 297 g/mol. The molecule has 1 heterocycles. The lowest BCUT2D eigenvalue weighted by Crippen LogP contribution is -2.38. The average molecular weight is 297 g/mol. The quantitative estimate of drug-likeness (QED) is 0.748. The lowest BCUT2D eigenvalue weighted by Gasteiger charge is -2.19. The zero-order valence-corrected chi connectivity index (χ0v) is 12.3. The Morgan fingerprint density at radius 3 is 2.71 bits per heavy atom. The Bertz CT molecular complexity index is 538. The standard InChI is InChI=1S/C13H19N3O5/c1-4-20-8(2)10-14-9(21-15-10)7-16(3)11(17)13(5-6-13)12(18)19/h8H,4-7H2,1-3H3,(H,18,19). The molecule has 0 bridgehead atoms. The van der Waals surface area contributed by atoms with Gasteiger partial charge in [0.2, 0.25) is 11.8 Å². The normalized spacial score (nSPS) is 17.3. The van der Waals surface area contributed by atoms with Crippen LogP contribution in [0.25, 0.3) is 0 Å². The second kappa shape index (κ2) is 5.80. The topological polar surface area (TPSA) is 106 Å². The molecule has 8 heteroatoms. The molecule has 0 aromatic carbocycles. The van der Waals surface area contributed by atoms with Crippen molar-refractivity contribution in [2.45, 2.75) is 39.3 Å². The molecule has 21 heavy (non-hydrogen) atoms. The highest BCUT2D eigenvalue weighted by Gasteiger charge is 2.58. The number of hydrogen-bond acceptors (Lipinski definition) is 6. The van der Waals surface area contributed by atoms with Gasteiger partial charge in [-0.3, -0.25) is 9.59 Å². The summed E-state index contributed by atoms with van der Waals surface area (Å²) in [5, 5.41) is 12.9. The predicted molar refractivity (Wildman–Crippen MR) is 70.1 cm³/mol. The molecular formula is C13H19N3O5. The van der Waals surface area contributed by atoms with Gasteiger partial charge in [0.25, 0.3) is 0 Å². The third kappa shape index (κ3) is 3.05. The Morgan fingerprint density at radius 2 is 2.19 bits per heavy atom. The molecule has 1 aliphatic rings. The van der Waals surface area contributed by atoms with Crippen molar-refractivity contribution in [2.75, 3.05) is 13.7 Å². The Labute approximate surface area is 122 Å². The molecule has 2 rings (SSSR count). The van der Waals surface area contributed by atoms with E-state index < -0.39 is 17.3 Å². The van der Waals surface area contributed by atoms with Crippen LogP contribution in [-0.4, -0.2) is 45.7 Å². The van der Waals surface area contributed by atoms with E-state index in [9.17, 15) is 9.59 Å². The summed E-state index contributed by atoms with van der Waals surface area (Å²) in [6.07, 6.45) is 0.464. The summed E-state index contributed by atoms with van der Waals surface area (Å²) in [7, 11) is 1.53. The number of carboxylic acids is 1. The minimum Gasteiger partial charge on any atom is -0.480 e. The number of nitrogens with zero attached hydrogens (tertiary/aromatic N) is 3. The van der Waals surface area contributed by atoms with Crippen LogP contribution in [0.1, 0.15) is 44.5 Å². The summed E-state index contributed by atoms with van der Waals surface area (Å²) in [5.41, 5.74) is -1.25. The van der Waals surface area contributed by atoms with Gasteiger partial charge in [-0.25, -0.2) is 0 Å². The fraction of sp³-hybridized carbons (Fsp3) is 0.692. The largest absolute Gasteiger partial charge is 0.480 e. The molecule has 1 atom stereocenters. The number of hydrogen-bond donors (Lipinski definition) is 1. The Balaban J connectivity index is 1.99. The minimum absolute atomic E-state index is 0.0830. The smallest absolute Gasteiger partial charge is 0.319 e. The number of carboxylic acid groups (broad SMARTS) is 1. The van der Waals surface area contributed by atoms with Crippen LogP contribution in [0.3, 0.4) is 0 Å². The molecule has 1 fully saturated rings. The van der Waals surface area contributed by atoms with Crippen LogP contribution in [0.2, 0.25) is 0 Å². The number of carbonyl (C=O) groups excluding carboxylic acids is 1. The fourth-order valence-electron chi connectivity index (χ4n) is 2.11. The first kappa shape index (κ1) is 15.4. The Morgan fingerprint density at radius 1 is 1.52 bits per heavy atom. The van der Waals surface area contributed by atoms with Crippen molar-refractivity contribution in [2.24, 2.45) is 5.41 Å². The van der Waals surface area contributed by atoms with E-state index in [-0.39, 0.29) is 18.5 Å². The molecule has 0 saturated heterocycles. The molecule has 8 nitrogen and oxygen atoms in total. The Kier molecular flexibility index (Phi) is 4.26. The molecule has 1 aliphatic carbocycles. The van der Waals surface area contributed by atoms with E-state index >= 15 is 0 Å². The van der Waals surface area contributed by atoms with Crippen molar-refractivity contribution in [1.29, 1.82) is 0 Å². The first-order valence-corrected chi connectivity index (χ1v) is 6.83. The molecule has 1 aromatic heterocycles. The van der Waals surface area contributed by atoms with Crippen LogP contribution in [0.5, 0.6) is 0 Å². The van der Waals surface area contributed by atoms with Gasteiger partial charge >= 0.3 is 5.97 Å². The summed E-state index contributed by atoms with van der Waals surface area (Å²) in [5.74, 6) is -0.830. The second-order valence-corrected chi connectivity index (χ2v) is 5.19. The van der Waals surface area contributed by atoms with Crippen molar-refractivity contribution in [3.8, 4) is 0 Å². The summed E-state index contributed by atoms with van der Waals surface area (Å²) in [6, 6.07) is 0. The number of carbonyl (C=O) groups is 2. The lowest BCUT2D eigenvalue weighted by molar-refractivity contribution is -0.153. The van der Waals surface area contributed by atoms with Crippen LogP contribution >= 0.6 is 0 Å². The van der Waals surface area contributed by atoms with Gasteiger partial charge in [0.05, 0.1) is 6.54 Å². The van der Waals surface area contributed by atoms with Crippen LogP contribution in [0.4, 0.5) is 0 Å². The van der Waals surface area contributed by atoms with Crippen molar-refractivity contribution < 1.29 is 24.0 Å². The van der Waals surface area contributed by atoms with Gasteiger partial charge in [-0.1, -0.05) is 5.16 Å². The molecule has 1 unspecified atom stereocenters. The van der Waals surface area contributed by atoms with Gasteiger partial charge < -0.3 is 19.3 Å². The number of aromatic nitrogens is 2. The molecule has 1 aromatic rings. The fourth-order valence-corrected chi connectivity index (χ4v) is 2.11. The van der Waals surface area contributed by atoms with Gasteiger partial charge in [-0.05, 0) is 26.7 Å². The highest BCUT2D eigenvalue weighted by Crippen LogP contribution is 2.47. The van der Waals surface area contributed by atoms with Crippen LogP contribution < -0.4 is 0 Å². The molecule has 0 spiro atoms. The van der Waals surface area contributed by atoms with Crippen molar-refractivity contribution in [3.05, 3.63) is 11.7 Å². The zero-order chi connectivity index (χ0) is 15.6. The zero-order valence-electron chi connectivity index (χ0n) is 12.3. The van der Waals surface area contributed by atoms with Gasteiger partial charge in [0.1, 0.15) is 11.5 Å². The predicted octanol–water partition coefficient (Wildman–Crippen LogP) is 0.990. The summed E-state index contributed by atoms with van der Waals surface area (Å²) in [4.78, 5) is 28.7. The van der Waals surface area contributed by atoms with Crippen molar-refractivity contribution >= 4 is 11.9 Å². The van der Waals surface area contributed by atoms with Gasteiger partial charge in [-0.2, -0.15) is 4.98 Å². The van der Waals surface area contributed by atoms with E-state index in [0.29, 0.717) is 25.3 Å². The summed E-state index contributed by atoms with van der Waals surface area (Å²) >= 11 is 0. The maximum atomic E-state index is 12.1. The van der Waals surface area contributed by atoms with Crippen LogP contribution in [0, 0.1) is 5.41 Å². The minimum atomic E-state index is -1.25. The van der Waals surface area contributed by atoms with Crippen LogP contribution in [0.15, 0.2) is 4.52 Å². The third-order valence-corrected chi connectivity index (χ3v) is 3.55. The Hall–Kier alpha value is -1.96. The highest BCUT2D eigenvalue weighted by atomic mass is 16.5. The molecular weight excluding hydrogens is 278 g/mol. The van der Waals surface area contributed by atoms with E-state index in [1.165, 1.54) is 11.9 Å². The maximum absolute atomic E-state index is 12.1. The van der Waals surface area contributed by atoms with E-state index in [1.54, 1.807) is 6.92 Å². The highest BCUT2D eigenvalue weighted by molar-refractivity contribution is 6.04. The average Bonchev–Trinajstić information content (AvgIpc) is 3.13. The van der Waals surface area contributed by atoms with Crippen LogP contribution in [-0.2, 0) is 20.9 Å². The van der Waals surface area contributed by atoms with Crippen molar-refractivity contribution in [3.63, 3.8) is 0 Å². The molecule has 0 aliphatic heterocycles. The van der Waals surface area contributed by atoms with Gasteiger partial charge in [0.15, 0.2) is 5.82 Å². The number of amides is 1. The maximum Gasteiger partial charge on any atom is 0.319 e. The summed E-state index contributed by atoms with van der Waals surface area (Å²) < 4.78 is 10.4. The molecule has 1 N–H and O–H groups in total. The van der Waals surface area contributed by atoms with E-state index in [4.69, 9.17) is 14.4 Å². The second-order valence-electron chi connectivity index (χ2n) is 5.19. The van der Waals surface area contributed by atoms with Gasteiger partial charge in [-0.15, -0.1) is 0 Å².